The number of hydrogen-bond donors (Lipinski definition) is 1. The van der Waals surface area contributed by atoms with Crippen molar-refractivity contribution in [2.24, 2.45) is 0 Å². The van der Waals surface area contributed by atoms with E-state index in [1.807, 2.05) is 0 Å². The first-order valence-electron chi connectivity index (χ1n) is 7.31. The molecule has 0 unspecified atom stereocenters. The highest BCUT2D eigenvalue weighted by molar-refractivity contribution is 6.01. The summed E-state index contributed by atoms with van der Waals surface area (Å²) in [6.45, 7) is 1.75. The SMILES string of the molecule is Cc1[nH]c(-c2ccccc2C(F)(F)F)c2c1C(=O)CCCC2. The molecule has 0 bridgehead atoms. The standard InChI is InChI=1S/C17H16F3NO/c1-10-15-12(7-3-5-9-14(15)22)16(21-10)11-6-2-4-8-13(11)17(18,19)20/h2,4,6,8,21H,3,5,7,9H2,1H3. The summed E-state index contributed by atoms with van der Waals surface area (Å²) in [6, 6.07) is 5.51. The fraction of sp³-hybridized carbons (Fsp3) is 0.353. The third-order valence-electron chi connectivity index (χ3n) is 4.15. The molecule has 0 saturated carbocycles. The molecule has 0 radical (unpaired) electrons. The van der Waals surface area contributed by atoms with Crippen LogP contribution in [0.4, 0.5) is 13.2 Å². The normalized spacial score (nSPS) is 15.5. The summed E-state index contributed by atoms with van der Waals surface area (Å²) < 4.78 is 39.7. The second-order valence-corrected chi connectivity index (χ2v) is 5.65. The maximum atomic E-state index is 13.2. The molecule has 0 fully saturated rings. The minimum Gasteiger partial charge on any atom is -0.358 e. The number of Topliss-reactive ketones (excluding diaryl/α,β-unsaturated/α-hetero) is 1. The van der Waals surface area contributed by atoms with E-state index in [-0.39, 0.29) is 11.3 Å². The average Bonchev–Trinajstić information content (AvgIpc) is 2.66. The van der Waals surface area contributed by atoms with Gasteiger partial charge in [-0.3, -0.25) is 4.79 Å². The number of halogens is 3. The highest BCUT2D eigenvalue weighted by Crippen LogP contribution is 2.40. The summed E-state index contributed by atoms with van der Waals surface area (Å²) in [5.74, 6) is 0.0250. The van der Waals surface area contributed by atoms with Gasteiger partial charge in [0.25, 0.3) is 0 Å². The second kappa shape index (κ2) is 5.30. The first-order chi connectivity index (χ1) is 10.4. The number of aromatic nitrogens is 1. The molecule has 1 aliphatic rings. The van der Waals surface area contributed by atoms with Crippen LogP contribution in [0, 0.1) is 6.92 Å². The lowest BCUT2D eigenvalue weighted by Gasteiger charge is -2.13. The van der Waals surface area contributed by atoms with Crippen LogP contribution in [-0.2, 0) is 12.6 Å². The fourth-order valence-corrected chi connectivity index (χ4v) is 3.19. The van der Waals surface area contributed by atoms with E-state index in [1.165, 1.54) is 12.1 Å². The summed E-state index contributed by atoms with van der Waals surface area (Å²) in [4.78, 5) is 15.2. The number of H-pyrrole nitrogens is 1. The van der Waals surface area contributed by atoms with Crippen molar-refractivity contribution in [1.29, 1.82) is 0 Å². The second-order valence-electron chi connectivity index (χ2n) is 5.65. The minimum atomic E-state index is -4.42. The van der Waals surface area contributed by atoms with Gasteiger partial charge >= 0.3 is 6.18 Å². The lowest BCUT2D eigenvalue weighted by atomic mass is 9.96. The molecule has 0 atom stereocenters. The van der Waals surface area contributed by atoms with E-state index in [9.17, 15) is 18.0 Å². The Balaban J connectivity index is 2.23. The maximum absolute atomic E-state index is 13.2. The molecule has 116 valence electrons. The fourth-order valence-electron chi connectivity index (χ4n) is 3.19. The van der Waals surface area contributed by atoms with E-state index in [0.717, 1.165) is 24.5 Å². The highest BCUT2D eigenvalue weighted by Gasteiger charge is 2.35. The smallest absolute Gasteiger partial charge is 0.358 e. The van der Waals surface area contributed by atoms with Crippen LogP contribution in [0.5, 0.6) is 0 Å². The van der Waals surface area contributed by atoms with Gasteiger partial charge in [0.05, 0.1) is 11.3 Å². The molecule has 5 heteroatoms. The molecule has 1 heterocycles. The Morgan fingerprint density at radius 3 is 2.50 bits per heavy atom. The number of aryl methyl sites for hydroxylation is 1. The quantitative estimate of drug-likeness (QED) is 0.745. The zero-order valence-electron chi connectivity index (χ0n) is 12.2. The molecule has 1 N–H and O–H groups in total. The minimum absolute atomic E-state index is 0.0250. The Morgan fingerprint density at radius 2 is 1.77 bits per heavy atom. The van der Waals surface area contributed by atoms with Gasteiger partial charge in [-0.1, -0.05) is 18.2 Å². The number of alkyl halides is 3. The molecule has 1 aliphatic carbocycles. The van der Waals surface area contributed by atoms with Gasteiger partial charge in [-0.2, -0.15) is 13.2 Å². The number of hydrogen-bond acceptors (Lipinski definition) is 1. The van der Waals surface area contributed by atoms with E-state index in [2.05, 4.69) is 4.98 Å². The maximum Gasteiger partial charge on any atom is 0.417 e. The number of rotatable bonds is 1. The van der Waals surface area contributed by atoms with Crippen molar-refractivity contribution in [1.82, 2.24) is 4.98 Å². The predicted molar refractivity (Wildman–Crippen MR) is 77.9 cm³/mol. The van der Waals surface area contributed by atoms with Crippen LogP contribution in [0.15, 0.2) is 24.3 Å². The van der Waals surface area contributed by atoms with E-state index in [4.69, 9.17) is 0 Å². The number of nitrogens with one attached hydrogen (secondary N) is 1. The molecule has 2 nitrogen and oxygen atoms in total. The summed E-state index contributed by atoms with van der Waals surface area (Å²) >= 11 is 0. The van der Waals surface area contributed by atoms with Crippen molar-refractivity contribution < 1.29 is 18.0 Å². The summed E-state index contributed by atoms with van der Waals surface area (Å²) in [5, 5.41) is 0. The Morgan fingerprint density at radius 1 is 1.09 bits per heavy atom. The van der Waals surface area contributed by atoms with Crippen molar-refractivity contribution in [3.05, 3.63) is 46.6 Å². The van der Waals surface area contributed by atoms with Crippen molar-refractivity contribution in [2.45, 2.75) is 38.8 Å². The van der Waals surface area contributed by atoms with Crippen LogP contribution in [-0.4, -0.2) is 10.8 Å². The molecule has 1 aromatic carbocycles. The van der Waals surface area contributed by atoms with Gasteiger partial charge in [0.2, 0.25) is 0 Å². The predicted octanol–water partition coefficient (Wildman–Crippen LogP) is 4.92. The average molecular weight is 307 g/mol. The largest absolute Gasteiger partial charge is 0.417 e. The molecule has 0 spiro atoms. The van der Waals surface area contributed by atoms with Gasteiger partial charge < -0.3 is 4.98 Å². The molecule has 22 heavy (non-hydrogen) atoms. The number of ketones is 1. The van der Waals surface area contributed by atoms with Crippen LogP contribution < -0.4 is 0 Å². The van der Waals surface area contributed by atoms with E-state index < -0.39 is 11.7 Å². The van der Waals surface area contributed by atoms with Gasteiger partial charge in [-0.05, 0) is 37.8 Å². The van der Waals surface area contributed by atoms with Crippen LogP contribution >= 0.6 is 0 Å². The number of benzene rings is 1. The van der Waals surface area contributed by atoms with Crippen molar-refractivity contribution in [3.63, 3.8) is 0 Å². The molecule has 3 rings (SSSR count). The Labute approximate surface area is 126 Å². The van der Waals surface area contributed by atoms with Gasteiger partial charge in [0.15, 0.2) is 5.78 Å². The first-order valence-corrected chi connectivity index (χ1v) is 7.31. The van der Waals surface area contributed by atoms with E-state index >= 15 is 0 Å². The lowest BCUT2D eigenvalue weighted by Crippen LogP contribution is -2.07. The van der Waals surface area contributed by atoms with Crippen molar-refractivity contribution >= 4 is 5.78 Å². The monoisotopic (exact) mass is 307 g/mol. The van der Waals surface area contributed by atoms with Crippen LogP contribution in [0.25, 0.3) is 11.3 Å². The molecule has 0 amide bonds. The molecule has 0 aliphatic heterocycles. The topological polar surface area (TPSA) is 32.9 Å². The van der Waals surface area contributed by atoms with Gasteiger partial charge in [0.1, 0.15) is 0 Å². The Kier molecular flexibility index (Phi) is 3.59. The molecule has 1 aromatic heterocycles. The summed E-state index contributed by atoms with van der Waals surface area (Å²) in [7, 11) is 0. The number of carbonyl (C=O) groups excluding carboxylic acids is 1. The van der Waals surface area contributed by atoms with Crippen molar-refractivity contribution in [3.8, 4) is 11.3 Å². The van der Waals surface area contributed by atoms with Crippen LogP contribution in [0.2, 0.25) is 0 Å². The van der Waals surface area contributed by atoms with E-state index in [1.54, 1.807) is 13.0 Å². The van der Waals surface area contributed by atoms with Gasteiger partial charge in [-0.15, -0.1) is 0 Å². The number of fused-ring (bicyclic) bond motifs is 1. The summed E-state index contributed by atoms with van der Waals surface area (Å²) in [6.07, 6.45) is -1.72. The summed E-state index contributed by atoms with van der Waals surface area (Å²) in [5.41, 5.74) is 1.87. The Bertz CT molecular complexity index is 728. The highest BCUT2D eigenvalue weighted by atomic mass is 19.4. The molecular formula is C17H16F3NO. The third-order valence-corrected chi connectivity index (χ3v) is 4.15. The van der Waals surface area contributed by atoms with Crippen molar-refractivity contribution in [2.75, 3.05) is 0 Å². The van der Waals surface area contributed by atoms with Crippen LogP contribution in [0.3, 0.4) is 0 Å². The van der Waals surface area contributed by atoms with Gasteiger partial charge in [-0.25, -0.2) is 0 Å². The number of aromatic amines is 1. The lowest BCUT2D eigenvalue weighted by molar-refractivity contribution is -0.137. The molecule has 2 aromatic rings. The zero-order chi connectivity index (χ0) is 15.9. The van der Waals surface area contributed by atoms with E-state index in [0.29, 0.717) is 29.8 Å². The first kappa shape index (κ1) is 14.9. The zero-order valence-corrected chi connectivity index (χ0v) is 12.2. The third kappa shape index (κ3) is 2.45. The molecular weight excluding hydrogens is 291 g/mol. The Hall–Kier alpha value is -2.04. The van der Waals surface area contributed by atoms with Crippen LogP contribution in [0.1, 0.15) is 46.4 Å². The van der Waals surface area contributed by atoms with Gasteiger partial charge in [0, 0.05) is 23.2 Å². The molecule has 0 saturated heterocycles. The number of carbonyl (C=O) groups is 1.